The molecule has 0 unspecified atom stereocenters. The second kappa shape index (κ2) is 14.7. The summed E-state index contributed by atoms with van der Waals surface area (Å²) in [6, 6.07) is 26.7. The molecule has 2 amide bonds. The Labute approximate surface area is 230 Å². The summed E-state index contributed by atoms with van der Waals surface area (Å²) >= 11 is 6.11. The second-order valence-electron chi connectivity index (χ2n) is 9.58. The van der Waals surface area contributed by atoms with Crippen LogP contribution >= 0.6 is 11.6 Å². The number of nitrogens with zero attached hydrogens (tertiary/aromatic N) is 2. The third kappa shape index (κ3) is 8.69. The third-order valence-corrected chi connectivity index (χ3v) is 7.09. The number of carbonyl (C=O) groups is 2. The highest BCUT2D eigenvalue weighted by Gasteiger charge is 2.30. The first-order chi connectivity index (χ1) is 18.6. The molecule has 1 atom stereocenters. The second-order valence-corrected chi connectivity index (χ2v) is 10.0. The minimum absolute atomic E-state index is 0.0481. The number of nitrogens with one attached hydrogen (secondary N) is 1. The largest absolute Gasteiger partial charge is 0.379 e. The monoisotopic (exact) mass is 533 g/mol. The number of ether oxygens (including phenoxy) is 1. The van der Waals surface area contributed by atoms with Gasteiger partial charge >= 0.3 is 0 Å². The van der Waals surface area contributed by atoms with Gasteiger partial charge in [0.2, 0.25) is 11.8 Å². The fourth-order valence-corrected chi connectivity index (χ4v) is 4.79. The SMILES string of the molecule is O=C(NCCN1CCOCC1)[C@H](Cc1ccccc1)N(Cc1ccc(Cl)cc1)C(=O)CCc1ccccc1. The molecular formula is C31H36ClN3O3. The van der Waals surface area contributed by atoms with Crippen LogP contribution in [-0.2, 0) is 33.7 Å². The zero-order valence-corrected chi connectivity index (χ0v) is 22.5. The summed E-state index contributed by atoms with van der Waals surface area (Å²) in [6.45, 7) is 4.78. The predicted octanol–water partition coefficient (Wildman–Crippen LogP) is 4.36. The molecule has 1 aliphatic rings. The summed E-state index contributed by atoms with van der Waals surface area (Å²) in [4.78, 5) is 31.5. The Bertz CT molecular complexity index is 1140. The molecule has 0 radical (unpaired) electrons. The quantitative estimate of drug-likeness (QED) is 0.376. The van der Waals surface area contributed by atoms with E-state index in [1.54, 1.807) is 4.90 Å². The van der Waals surface area contributed by atoms with Crippen LogP contribution in [0.4, 0.5) is 0 Å². The summed E-state index contributed by atoms with van der Waals surface area (Å²) in [6.07, 6.45) is 1.38. The van der Waals surface area contributed by atoms with Crippen LogP contribution in [0, 0.1) is 0 Å². The lowest BCUT2D eigenvalue weighted by Crippen LogP contribution is -2.52. The minimum atomic E-state index is -0.638. The molecule has 200 valence electrons. The molecule has 0 saturated carbocycles. The number of rotatable bonds is 12. The highest BCUT2D eigenvalue weighted by Crippen LogP contribution is 2.18. The van der Waals surface area contributed by atoms with Crippen LogP contribution in [-0.4, -0.2) is 67.0 Å². The molecule has 3 aromatic carbocycles. The molecular weight excluding hydrogens is 498 g/mol. The zero-order chi connectivity index (χ0) is 26.6. The number of benzene rings is 3. The average Bonchev–Trinajstić information content (AvgIpc) is 2.96. The predicted molar refractivity (Wildman–Crippen MR) is 151 cm³/mol. The number of aryl methyl sites for hydroxylation is 1. The van der Waals surface area contributed by atoms with Crippen molar-refractivity contribution in [3.05, 3.63) is 107 Å². The van der Waals surface area contributed by atoms with E-state index in [0.29, 0.717) is 37.4 Å². The van der Waals surface area contributed by atoms with Crippen LogP contribution < -0.4 is 5.32 Å². The van der Waals surface area contributed by atoms with E-state index in [4.69, 9.17) is 16.3 Å². The van der Waals surface area contributed by atoms with Crippen molar-refractivity contribution in [2.24, 2.45) is 0 Å². The number of hydrogen-bond acceptors (Lipinski definition) is 4. The smallest absolute Gasteiger partial charge is 0.243 e. The van der Waals surface area contributed by atoms with Gasteiger partial charge in [-0.15, -0.1) is 0 Å². The van der Waals surface area contributed by atoms with Crippen molar-refractivity contribution in [1.82, 2.24) is 15.1 Å². The lowest BCUT2D eigenvalue weighted by Gasteiger charge is -2.32. The maximum absolute atomic E-state index is 13.7. The van der Waals surface area contributed by atoms with Gasteiger partial charge in [0.25, 0.3) is 0 Å². The van der Waals surface area contributed by atoms with Gasteiger partial charge in [-0.3, -0.25) is 14.5 Å². The number of amides is 2. The Hall–Kier alpha value is -3.19. The summed E-state index contributed by atoms with van der Waals surface area (Å²) < 4.78 is 5.43. The first kappa shape index (κ1) is 27.8. The van der Waals surface area contributed by atoms with Crippen molar-refractivity contribution in [3.63, 3.8) is 0 Å². The molecule has 1 saturated heterocycles. The Balaban J connectivity index is 1.53. The van der Waals surface area contributed by atoms with Crippen molar-refractivity contribution < 1.29 is 14.3 Å². The fraction of sp³-hybridized carbons (Fsp3) is 0.355. The molecule has 7 heteroatoms. The van der Waals surface area contributed by atoms with Gasteiger partial charge < -0.3 is 15.0 Å². The van der Waals surface area contributed by atoms with E-state index in [-0.39, 0.29) is 11.8 Å². The van der Waals surface area contributed by atoms with Gasteiger partial charge in [0, 0.05) is 50.6 Å². The van der Waals surface area contributed by atoms with E-state index < -0.39 is 6.04 Å². The molecule has 6 nitrogen and oxygen atoms in total. The van der Waals surface area contributed by atoms with Crippen LogP contribution in [0.2, 0.25) is 5.02 Å². The average molecular weight is 534 g/mol. The number of hydrogen-bond donors (Lipinski definition) is 1. The molecule has 1 N–H and O–H groups in total. The number of halogens is 1. The Morgan fingerprint density at radius 1 is 0.868 bits per heavy atom. The van der Waals surface area contributed by atoms with Crippen LogP contribution in [0.15, 0.2) is 84.9 Å². The Morgan fingerprint density at radius 2 is 1.50 bits per heavy atom. The molecule has 1 fully saturated rings. The Morgan fingerprint density at radius 3 is 2.16 bits per heavy atom. The van der Waals surface area contributed by atoms with Gasteiger partial charge in [-0.25, -0.2) is 0 Å². The van der Waals surface area contributed by atoms with Crippen molar-refractivity contribution in [1.29, 1.82) is 0 Å². The zero-order valence-electron chi connectivity index (χ0n) is 21.7. The summed E-state index contributed by atoms with van der Waals surface area (Å²) in [5, 5.41) is 3.75. The summed E-state index contributed by atoms with van der Waals surface area (Å²) in [5.74, 6) is -0.183. The molecule has 4 rings (SSSR count). The topological polar surface area (TPSA) is 61.9 Å². The highest BCUT2D eigenvalue weighted by molar-refractivity contribution is 6.30. The molecule has 0 aliphatic carbocycles. The lowest BCUT2D eigenvalue weighted by atomic mass is 10.0. The van der Waals surface area contributed by atoms with Crippen molar-refractivity contribution >= 4 is 23.4 Å². The molecule has 0 spiro atoms. The summed E-state index contributed by atoms with van der Waals surface area (Å²) in [5.41, 5.74) is 3.04. The molecule has 38 heavy (non-hydrogen) atoms. The number of carbonyl (C=O) groups excluding carboxylic acids is 2. The first-order valence-electron chi connectivity index (χ1n) is 13.3. The van der Waals surface area contributed by atoms with Crippen molar-refractivity contribution in [3.8, 4) is 0 Å². The maximum atomic E-state index is 13.7. The van der Waals surface area contributed by atoms with Crippen LogP contribution in [0.1, 0.15) is 23.1 Å². The van der Waals surface area contributed by atoms with E-state index in [1.807, 2.05) is 84.9 Å². The first-order valence-corrected chi connectivity index (χ1v) is 13.7. The van der Waals surface area contributed by atoms with Crippen molar-refractivity contribution in [2.75, 3.05) is 39.4 Å². The van der Waals surface area contributed by atoms with Gasteiger partial charge in [-0.2, -0.15) is 0 Å². The van der Waals surface area contributed by atoms with Crippen LogP contribution in [0.3, 0.4) is 0 Å². The van der Waals surface area contributed by atoms with E-state index >= 15 is 0 Å². The molecule has 3 aromatic rings. The number of morpholine rings is 1. The van der Waals surface area contributed by atoms with Gasteiger partial charge in [0.15, 0.2) is 0 Å². The minimum Gasteiger partial charge on any atom is -0.379 e. The van der Waals surface area contributed by atoms with E-state index in [9.17, 15) is 9.59 Å². The van der Waals surface area contributed by atoms with Crippen LogP contribution in [0.5, 0.6) is 0 Å². The molecule has 1 heterocycles. The lowest BCUT2D eigenvalue weighted by molar-refractivity contribution is -0.141. The maximum Gasteiger partial charge on any atom is 0.243 e. The van der Waals surface area contributed by atoms with Gasteiger partial charge in [0.05, 0.1) is 13.2 Å². The summed E-state index contributed by atoms with van der Waals surface area (Å²) in [7, 11) is 0. The fourth-order valence-electron chi connectivity index (χ4n) is 4.66. The normalized spacial score (nSPS) is 14.6. The van der Waals surface area contributed by atoms with Crippen molar-refractivity contribution in [2.45, 2.75) is 31.8 Å². The third-order valence-electron chi connectivity index (χ3n) is 6.84. The standard InChI is InChI=1S/C31H36ClN3O3/c32-28-14-11-27(12-15-28)24-35(30(36)16-13-25-7-3-1-4-8-25)29(23-26-9-5-2-6-10-26)31(37)33-17-18-34-19-21-38-22-20-34/h1-12,14-15,29H,13,16-24H2,(H,33,37)/t29-/m0/s1. The van der Waals surface area contributed by atoms with Gasteiger partial charge in [-0.05, 0) is 35.2 Å². The Kier molecular flexibility index (Phi) is 10.7. The molecule has 1 aliphatic heterocycles. The van der Waals surface area contributed by atoms with Gasteiger partial charge in [-0.1, -0.05) is 84.4 Å². The van der Waals surface area contributed by atoms with E-state index in [0.717, 1.165) is 49.5 Å². The molecule has 0 bridgehead atoms. The molecule has 0 aromatic heterocycles. The highest BCUT2D eigenvalue weighted by atomic mass is 35.5. The van der Waals surface area contributed by atoms with E-state index in [2.05, 4.69) is 10.2 Å². The van der Waals surface area contributed by atoms with E-state index in [1.165, 1.54) is 0 Å². The van der Waals surface area contributed by atoms with Crippen LogP contribution in [0.25, 0.3) is 0 Å². The van der Waals surface area contributed by atoms with Gasteiger partial charge in [0.1, 0.15) is 6.04 Å².